The van der Waals surface area contributed by atoms with Crippen LogP contribution in [0.3, 0.4) is 0 Å². The van der Waals surface area contributed by atoms with Gasteiger partial charge in [-0.05, 0) is 19.3 Å². The van der Waals surface area contributed by atoms with E-state index in [1.165, 1.54) is 5.71 Å². The van der Waals surface area contributed by atoms with Gasteiger partial charge in [0.25, 0.3) is 0 Å². The molecule has 0 spiro atoms. The second kappa shape index (κ2) is 5.78. The fourth-order valence-corrected chi connectivity index (χ4v) is 2.27. The third-order valence-corrected chi connectivity index (χ3v) is 3.32. The lowest BCUT2D eigenvalue weighted by Gasteiger charge is -2.23. The summed E-state index contributed by atoms with van der Waals surface area (Å²) in [5.41, 5.74) is 1.74. The molecule has 1 aliphatic rings. The van der Waals surface area contributed by atoms with Gasteiger partial charge in [0.05, 0.1) is 12.7 Å². The lowest BCUT2D eigenvalue weighted by atomic mass is 9.95. The summed E-state index contributed by atoms with van der Waals surface area (Å²) in [6.45, 7) is 3.75. The largest absolute Gasteiger partial charge is 0.385 e. The molecule has 0 aliphatic carbocycles. The molecule has 1 aliphatic heterocycles. The molecular weight excluding hydrogens is 228 g/mol. The van der Waals surface area contributed by atoms with Crippen LogP contribution >= 0.6 is 0 Å². The summed E-state index contributed by atoms with van der Waals surface area (Å²) in [6.07, 6.45) is 4.56. The fourth-order valence-electron chi connectivity index (χ4n) is 2.27. The van der Waals surface area contributed by atoms with Crippen LogP contribution < -0.4 is 0 Å². The standard InChI is InChI=1S/C13H18N4O/c1-3-10-9-17-13(11(7-14)8-15-17)16-12(10)5-4-6-18-2/h8,10H,3-6,9H2,1-2H3. The number of ether oxygens (including phenoxy) is 1. The van der Waals surface area contributed by atoms with Crippen LogP contribution in [0.4, 0.5) is 5.82 Å². The molecule has 0 N–H and O–H groups in total. The van der Waals surface area contributed by atoms with E-state index in [0.717, 1.165) is 38.2 Å². The molecule has 0 fully saturated rings. The van der Waals surface area contributed by atoms with Gasteiger partial charge in [-0.3, -0.25) is 0 Å². The number of nitrogens with zero attached hydrogens (tertiary/aromatic N) is 4. The molecule has 0 amide bonds. The zero-order chi connectivity index (χ0) is 13.0. The molecule has 18 heavy (non-hydrogen) atoms. The lowest BCUT2D eigenvalue weighted by Crippen LogP contribution is -2.24. The highest BCUT2D eigenvalue weighted by molar-refractivity contribution is 5.90. The van der Waals surface area contributed by atoms with Crippen molar-refractivity contribution in [3.63, 3.8) is 0 Å². The minimum Gasteiger partial charge on any atom is -0.385 e. The molecule has 1 aromatic heterocycles. The number of nitriles is 1. The van der Waals surface area contributed by atoms with Crippen LogP contribution in [0, 0.1) is 17.2 Å². The maximum absolute atomic E-state index is 9.01. The quantitative estimate of drug-likeness (QED) is 0.749. The highest BCUT2D eigenvalue weighted by Gasteiger charge is 2.23. The number of aliphatic imine (C=N–C) groups is 1. The Morgan fingerprint density at radius 2 is 2.44 bits per heavy atom. The third-order valence-electron chi connectivity index (χ3n) is 3.32. The number of hydrogen-bond donors (Lipinski definition) is 0. The summed E-state index contributed by atoms with van der Waals surface area (Å²) in [5.74, 6) is 1.15. The van der Waals surface area contributed by atoms with E-state index in [0.29, 0.717) is 11.5 Å². The Bertz CT molecular complexity index is 484. The molecule has 1 aromatic rings. The van der Waals surface area contributed by atoms with Crippen LogP contribution in [0.2, 0.25) is 0 Å². The lowest BCUT2D eigenvalue weighted by molar-refractivity contribution is 0.196. The van der Waals surface area contributed by atoms with Crippen molar-refractivity contribution in [1.29, 1.82) is 5.26 Å². The van der Waals surface area contributed by atoms with Gasteiger partial charge in [-0.2, -0.15) is 10.4 Å². The number of rotatable bonds is 5. The molecule has 5 heteroatoms. The molecule has 96 valence electrons. The molecule has 0 bridgehead atoms. The Morgan fingerprint density at radius 1 is 1.61 bits per heavy atom. The molecule has 2 rings (SSSR count). The second-order valence-corrected chi connectivity index (χ2v) is 4.48. The Labute approximate surface area is 107 Å². The van der Waals surface area contributed by atoms with Crippen molar-refractivity contribution in [3.8, 4) is 6.07 Å². The van der Waals surface area contributed by atoms with Crippen molar-refractivity contribution in [3.05, 3.63) is 11.8 Å². The van der Waals surface area contributed by atoms with E-state index in [-0.39, 0.29) is 0 Å². The van der Waals surface area contributed by atoms with Gasteiger partial charge in [-0.15, -0.1) is 0 Å². The molecule has 0 radical (unpaired) electrons. The van der Waals surface area contributed by atoms with Crippen molar-refractivity contribution >= 4 is 11.5 Å². The second-order valence-electron chi connectivity index (χ2n) is 4.48. The van der Waals surface area contributed by atoms with E-state index in [9.17, 15) is 0 Å². The molecule has 1 unspecified atom stereocenters. The van der Waals surface area contributed by atoms with Crippen LogP contribution in [0.25, 0.3) is 0 Å². The maximum atomic E-state index is 9.01. The fraction of sp³-hybridized carbons (Fsp3) is 0.615. The Morgan fingerprint density at radius 3 is 3.11 bits per heavy atom. The van der Waals surface area contributed by atoms with E-state index >= 15 is 0 Å². The van der Waals surface area contributed by atoms with Gasteiger partial charge < -0.3 is 4.74 Å². The maximum Gasteiger partial charge on any atom is 0.168 e. The van der Waals surface area contributed by atoms with E-state index in [1.54, 1.807) is 13.3 Å². The summed E-state index contributed by atoms with van der Waals surface area (Å²) in [6, 6.07) is 2.14. The highest BCUT2D eigenvalue weighted by atomic mass is 16.5. The molecular formula is C13H18N4O. The predicted octanol–water partition coefficient (Wildman–Crippen LogP) is 2.29. The first-order chi connectivity index (χ1) is 8.80. The zero-order valence-electron chi connectivity index (χ0n) is 10.9. The summed E-state index contributed by atoms with van der Waals surface area (Å²) in [4.78, 5) is 4.64. The first-order valence-corrected chi connectivity index (χ1v) is 6.32. The van der Waals surface area contributed by atoms with Crippen molar-refractivity contribution in [2.45, 2.75) is 32.7 Å². The molecule has 0 saturated carbocycles. The van der Waals surface area contributed by atoms with Crippen molar-refractivity contribution in [2.24, 2.45) is 10.9 Å². The summed E-state index contributed by atoms with van der Waals surface area (Å²) >= 11 is 0. The normalized spacial score (nSPS) is 18.1. The van der Waals surface area contributed by atoms with Gasteiger partial charge in [0.2, 0.25) is 0 Å². The monoisotopic (exact) mass is 246 g/mol. The number of aromatic nitrogens is 2. The van der Waals surface area contributed by atoms with Crippen molar-refractivity contribution in [1.82, 2.24) is 9.78 Å². The highest BCUT2D eigenvalue weighted by Crippen LogP contribution is 2.28. The van der Waals surface area contributed by atoms with Gasteiger partial charge in [0.1, 0.15) is 11.6 Å². The van der Waals surface area contributed by atoms with Crippen LogP contribution in [-0.4, -0.2) is 29.2 Å². The van der Waals surface area contributed by atoms with Gasteiger partial charge in [0, 0.05) is 25.3 Å². The van der Waals surface area contributed by atoms with E-state index in [4.69, 9.17) is 10.00 Å². The zero-order valence-corrected chi connectivity index (χ0v) is 10.9. The number of methoxy groups -OCH3 is 1. The molecule has 0 aromatic carbocycles. The van der Waals surface area contributed by atoms with Crippen LogP contribution in [0.1, 0.15) is 31.7 Å². The number of fused-ring (bicyclic) bond motifs is 1. The smallest absolute Gasteiger partial charge is 0.168 e. The Kier molecular flexibility index (Phi) is 4.11. The van der Waals surface area contributed by atoms with E-state index in [2.05, 4.69) is 23.1 Å². The minimum atomic E-state index is 0.431. The molecule has 1 atom stereocenters. The Hall–Kier alpha value is -1.67. The summed E-state index contributed by atoms with van der Waals surface area (Å²) < 4.78 is 6.92. The van der Waals surface area contributed by atoms with Gasteiger partial charge in [-0.25, -0.2) is 9.67 Å². The van der Waals surface area contributed by atoms with Crippen molar-refractivity contribution < 1.29 is 4.74 Å². The summed E-state index contributed by atoms with van der Waals surface area (Å²) in [5, 5.41) is 13.2. The predicted molar refractivity (Wildman–Crippen MR) is 68.9 cm³/mol. The molecule has 0 saturated heterocycles. The van der Waals surface area contributed by atoms with Crippen LogP contribution in [0.5, 0.6) is 0 Å². The average molecular weight is 246 g/mol. The van der Waals surface area contributed by atoms with Gasteiger partial charge >= 0.3 is 0 Å². The first kappa shape index (κ1) is 12.8. The van der Waals surface area contributed by atoms with E-state index in [1.807, 2.05) is 4.68 Å². The number of hydrogen-bond acceptors (Lipinski definition) is 4. The first-order valence-electron chi connectivity index (χ1n) is 6.32. The SMILES string of the molecule is CCC1Cn2ncc(C#N)c2N=C1CCCOC. The minimum absolute atomic E-state index is 0.431. The average Bonchev–Trinajstić information content (AvgIpc) is 2.80. The molecule has 5 nitrogen and oxygen atoms in total. The van der Waals surface area contributed by atoms with Crippen LogP contribution in [0.15, 0.2) is 11.2 Å². The van der Waals surface area contributed by atoms with Gasteiger partial charge in [0.15, 0.2) is 5.82 Å². The van der Waals surface area contributed by atoms with Gasteiger partial charge in [-0.1, -0.05) is 6.92 Å². The third kappa shape index (κ3) is 2.44. The van der Waals surface area contributed by atoms with E-state index < -0.39 is 0 Å². The summed E-state index contributed by atoms with van der Waals surface area (Å²) in [7, 11) is 1.71. The van der Waals surface area contributed by atoms with Crippen molar-refractivity contribution in [2.75, 3.05) is 13.7 Å². The topological polar surface area (TPSA) is 63.2 Å². The molecule has 2 heterocycles. The Balaban J connectivity index is 2.22. The van der Waals surface area contributed by atoms with Crippen LogP contribution in [-0.2, 0) is 11.3 Å².